The maximum atomic E-state index is 11.7. The van der Waals surface area contributed by atoms with Gasteiger partial charge in [-0.3, -0.25) is 0 Å². The summed E-state index contributed by atoms with van der Waals surface area (Å²) >= 11 is -0.704. The second-order valence-electron chi connectivity index (χ2n) is 6.60. The van der Waals surface area contributed by atoms with E-state index in [-0.39, 0.29) is 5.97 Å². The van der Waals surface area contributed by atoms with Gasteiger partial charge in [0.25, 0.3) is 0 Å². The van der Waals surface area contributed by atoms with E-state index in [1.807, 2.05) is 0 Å². The maximum Gasteiger partial charge on any atom is -0.153 e. The monoisotopic (exact) mass is 382 g/mol. The second kappa shape index (κ2) is 11.1. The maximum absolute atomic E-state index is 11.7. The summed E-state index contributed by atoms with van der Waals surface area (Å²) in [7, 11) is 1.50. The molecule has 3 rings (SSSR count). The van der Waals surface area contributed by atoms with E-state index in [4.69, 9.17) is 13.5 Å². The first kappa shape index (κ1) is 22.4. The van der Waals surface area contributed by atoms with E-state index < -0.39 is 19.5 Å². The molecule has 0 aromatic carbocycles. The molecule has 4 nitrogen and oxygen atoms in total. The van der Waals surface area contributed by atoms with E-state index in [2.05, 4.69) is 13.5 Å². The van der Waals surface area contributed by atoms with Crippen LogP contribution in [0.3, 0.4) is 0 Å². The third-order valence-corrected chi connectivity index (χ3v) is 7.00. The van der Waals surface area contributed by atoms with Crippen LogP contribution in [0.4, 0.5) is 0 Å². The van der Waals surface area contributed by atoms with Crippen molar-refractivity contribution < 1.29 is 37.9 Å². The molecule has 0 radical (unpaired) electrons. The van der Waals surface area contributed by atoms with Crippen molar-refractivity contribution in [2.75, 3.05) is 14.2 Å². The standard InChI is InChI=1S/C14H19.C4H6O2.2CH3O.Ti/c1-10-11-6-2-4-8-13(11)14-9-5-3-7-12(10)14;1-3(2)4(5)6;2*1-2;/h6,10H,2-5,7-9H2,1H3;1H2,2H3,(H,5,6);2*1H3;/q;;2*-1;+3/p-1. The van der Waals surface area contributed by atoms with Crippen molar-refractivity contribution in [3.05, 3.63) is 34.4 Å². The SMILES string of the molecule is C=C(C)C(=O)[O][Ti+2][CH]1CCCC2=C1C(C)C1=C2CCCC1.C[O-].C[O-]. The molecule has 138 valence electrons. The molecule has 0 bridgehead atoms. The van der Waals surface area contributed by atoms with Gasteiger partial charge in [-0.1, -0.05) is 0 Å². The van der Waals surface area contributed by atoms with Crippen LogP contribution in [0.15, 0.2) is 34.4 Å². The second-order valence-corrected chi connectivity index (χ2v) is 8.37. The summed E-state index contributed by atoms with van der Waals surface area (Å²) in [6.45, 7) is 7.80. The van der Waals surface area contributed by atoms with E-state index >= 15 is 0 Å². The van der Waals surface area contributed by atoms with Gasteiger partial charge < -0.3 is 10.2 Å². The molecule has 0 saturated heterocycles. The molecule has 0 fully saturated rings. The zero-order valence-electron chi connectivity index (χ0n) is 15.9. The van der Waals surface area contributed by atoms with Crippen LogP contribution in [0.1, 0.15) is 58.8 Å². The molecule has 2 unspecified atom stereocenters. The van der Waals surface area contributed by atoms with Crippen LogP contribution in [0.5, 0.6) is 0 Å². The minimum Gasteiger partial charge on any atom is -0.857 e. The van der Waals surface area contributed by atoms with Crippen LogP contribution in [0.2, 0.25) is 4.22 Å². The number of carbonyl (C=O) groups excluding carboxylic acids is 1. The largest absolute Gasteiger partial charge is 0.857 e. The Morgan fingerprint density at radius 3 is 2.32 bits per heavy atom. The molecule has 0 saturated carbocycles. The van der Waals surface area contributed by atoms with Gasteiger partial charge in [-0.15, -0.1) is 0 Å². The predicted molar refractivity (Wildman–Crippen MR) is 92.0 cm³/mol. The van der Waals surface area contributed by atoms with E-state index in [0.717, 1.165) is 14.2 Å². The smallest absolute Gasteiger partial charge is 0.153 e. The first-order valence-corrected chi connectivity index (χ1v) is 10.5. The van der Waals surface area contributed by atoms with E-state index in [0.29, 0.717) is 15.7 Å². The van der Waals surface area contributed by atoms with Crippen molar-refractivity contribution in [3.63, 3.8) is 0 Å². The normalized spacial score (nSPS) is 23.9. The topological polar surface area (TPSA) is 72.4 Å². The minimum absolute atomic E-state index is 0.189. The Kier molecular flexibility index (Phi) is 9.95. The van der Waals surface area contributed by atoms with Gasteiger partial charge in [-0.2, -0.15) is 14.2 Å². The molecule has 0 aromatic heterocycles. The molecule has 25 heavy (non-hydrogen) atoms. The summed E-state index contributed by atoms with van der Waals surface area (Å²) in [4.78, 5) is 11.7. The molecular weight excluding hydrogens is 352 g/mol. The van der Waals surface area contributed by atoms with Crippen molar-refractivity contribution in [2.24, 2.45) is 5.92 Å². The fourth-order valence-corrected chi connectivity index (χ4v) is 6.18. The van der Waals surface area contributed by atoms with Crippen LogP contribution in [0.25, 0.3) is 0 Å². The molecule has 0 spiro atoms. The van der Waals surface area contributed by atoms with Crippen molar-refractivity contribution in [2.45, 2.75) is 63.0 Å². The number of carbonyl (C=O) groups is 1. The minimum atomic E-state index is -0.704. The van der Waals surface area contributed by atoms with Crippen LogP contribution >= 0.6 is 0 Å². The first-order chi connectivity index (χ1) is 12.1. The third-order valence-electron chi connectivity index (χ3n) is 5.15. The van der Waals surface area contributed by atoms with Gasteiger partial charge >= 0.3 is 137 Å². The van der Waals surface area contributed by atoms with Crippen LogP contribution in [-0.2, 0) is 27.7 Å². The Bertz CT molecular complexity index is 548. The van der Waals surface area contributed by atoms with Crippen molar-refractivity contribution in [3.8, 4) is 0 Å². The van der Waals surface area contributed by atoms with Gasteiger partial charge in [-0.05, 0) is 0 Å². The quantitative estimate of drug-likeness (QED) is 0.556. The van der Waals surface area contributed by atoms with E-state index in [1.54, 1.807) is 29.2 Å². The Labute approximate surface area is 161 Å². The zero-order valence-corrected chi connectivity index (χ0v) is 17.5. The Hall–Kier alpha value is -0.676. The zero-order chi connectivity index (χ0) is 19.0. The number of hydrogen-bond acceptors (Lipinski definition) is 4. The summed E-state index contributed by atoms with van der Waals surface area (Å²) < 4.78 is 6.14. The number of allylic oxidation sites excluding steroid dienone is 4. The molecule has 0 aromatic rings. The van der Waals surface area contributed by atoms with E-state index in [1.165, 1.54) is 44.9 Å². The summed E-state index contributed by atoms with van der Waals surface area (Å²) in [5.41, 5.74) is 7.27. The molecule has 0 amide bonds. The summed E-state index contributed by atoms with van der Waals surface area (Å²) in [6.07, 6.45) is 9.03. The van der Waals surface area contributed by atoms with Crippen LogP contribution in [0, 0.1) is 5.92 Å². The molecule has 3 aliphatic carbocycles. The predicted octanol–water partition coefficient (Wildman–Crippen LogP) is 2.85. The van der Waals surface area contributed by atoms with Gasteiger partial charge in [0.1, 0.15) is 0 Å². The number of fused-ring (bicyclic) bond motifs is 1. The third kappa shape index (κ3) is 5.16. The van der Waals surface area contributed by atoms with E-state index in [9.17, 15) is 4.79 Å². The van der Waals surface area contributed by atoms with Gasteiger partial charge in [0, 0.05) is 0 Å². The van der Waals surface area contributed by atoms with Gasteiger partial charge in [-0.25, -0.2) is 0 Å². The Morgan fingerprint density at radius 1 is 1.08 bits per heavy atom. The van der Waals surface area contributed by atoms with Gasteiger partial charge in [0.15, 0.2) is 0 Å². The van der Waals surface area contributed by atoms with Crippen molar-refractivity contribution in [1.29, 1.82) is 0 Å². The molecule has 0 aliphatic heterocycles. The summed E-state index contributed by atoms with van der Waals surface area (Å²) in [5.74, 6) is 0.430. The van der Waals surface area contributed by atoms with Crippen LogP contribution < -0.4 is 10.2 Å². The number of hydrogen-bond donors (Lipinski definition) is 0. The molecule has 2 atom stereocenters. The Morgan fingerprint density at radius 2 is 1.68 bits per heavy atom. The molecule has 0 heterocycles. The van der Waals surface area contributed by atoms with Crippen molar-refractivity contribution in [1.82, 2.24) is 0 Å². The first-order valence-electron chi connectivity index (χ1n) is 8.98. The fraction of sp³-hybridized carbons (Fsp3) is 0.650. The molecule has 3 aliphatic rings. The summed E-state index contributed by atoms with van der Waals surface area (Å²) in [5, 5.41) is 16.5. The van der Waals surface area contributed by atoms with Crippen molar-refractivity contribution >= 4 is 5.97 Å². The molecule has 0 N–H and O–H groups in total. The Balaban J connectivity index is 0.000000730. The fourth-order valence-electron chi connectivity index (χ4n) is 4.15. The number of rotatable bonds is 3. The average Bonchev–Trinajstić information content (AvgIpc) is 2.96. The summed E-state index contributed by atoms with van der Waals surface area (Å²) in [6, 6.07) is 0. The molecule has 5 heteroatoms. The average molecular weight is 382 g/mol. The van der Waals surface area contributed by atoms with Crippen LogP contribution in [-0.4, -0.2) is 20.2 Å². The van der Waals surface area contributed by atoms with Gasteiger partial charge in [0.2, 0.25) is 0 Å². The molecular formula is C20H30O4Ti. The van der Waals surface area contributed by atoms with Gasteiger partial charge in [0.05, 0.1) is 0 Å².